The van der Waals surface area contributed by atoms with Crippen molar-refractivity contribution >= 4 is 35.3 Å². The first-order valence-electron chi connectivity index (χ1n) is 19.2. The summed E-state index contributed by atoms with van der Waals surface area (Å²) in [6.07, 6.45) is -0.552. The fourth-order valence-corrected chi connectivity index (χ4v) is 8.98. The first-order valence-corrected chi connectivity index (χ1v) is 19.2. The molecule has 1 atom stereocenters. The lowest BCUT2D eigenvalue weighted by Crippen LogP contribution is -2.55. The van der Waals surface area contributed by atoms with Crippen molar-refractivity contribution in [2.75, 3.05) is 50.4 Å². The highest BCUT2D eigenvalue weighted by atomic mass is 19.4. The van der Waals surface area contributed by atoms with Crippen LogP contribution in [-0.2, 0) is 45.7 Å². The molecule has 3 N–H and O–H groups in total. The minimum Gasteiger partial charge on any atom is -0.329 e. The van der Waals surface area contributed by atoms with Crippen LogP contribution in [-0.4, -0.2) is 89.4 Å². The van der Waals surface area contributed by atoms with Crippen molar-refractivity contribution in [2.45, 2.75) is 76.6 Å². The van der Waals surface area contributed by atoms with Crippen LogP contribution in [0.15, 0.2) is 60.8 Å². The summed E-state index contributed by atoms with van der Waals surface area (Å²) in [7, 11) is 1.85. The van der Waals surface area contributed by atoms with Gasteiger partial charge in [-0.1, -0.05) is 43.3 Å². The predicted molar refractivity (Wildman–Crippen MR) is 201 cm³/mol. The van der Waals surface area contributed by atoms with E-state index in [9.17, 15) is 32.3 Å². The Morgan fingerprint density at radius 1 is 0.945 bits per heavy atom. The third-order valence-electron chi connectivity index (χ3n) is 12.3. The number of rotatable bonds is 9. The van der Waals surface area contributed by atoms with Gasteiger partial charge in [0.2, 0.25) is 17.7 Å². The Bertz CT molecular complexity index is 1960. The largest absolute Gasteiger partial charge is 0.391 e. The molecule has 2 saturated heterocycles. The SMILES string of the molecule is CCC1(C(=O)N(CC(=O)Nc2ccc3c(c2)C[C@@]2(C3)C(=O)Nc3ncccc32)Cc2ccccc2CNC)CCN(C(=O)N2CCC(C(F)(F)F)CC2)CC1. The number of piperidine rings is 2. The van der Waals surface area contributed by atoms with Gasteiger partial charge in [0.15, 0.2) is 0 Å². The van der Waals surface area contributed by atoms with Gasteiger partial charge in [-0.3, -0.25) is 14.4 Å². The van der Waals surface area contributed by atoms with Crippen LogP contribution in [0.3, 0.4) is 0 Å². The Kier molecular flexibility index (Phi) is 10.6. The van der Waals surface area contributed by atoms with E-state index in [1.54, 1.807) is 16.0 Å². The standard InChI is InChI=1S/C41H48F3N7O4/c1-3-39(14-19-50(20-15-39)38(55)49-17-12-31(13-18-49)41(42,43)44)37(54)51(25-29-8-5-4-7-28(29)24-45-2)26-34(52)47-32-11-10-27-22-40(23-30(27)21-32)33-9-6-16-46-35(33)48-36(40)53/h4-11,16,21,31,45H,3,12-15,17-20,22-26H2,1-2H3,(H,47,52)(H,46,48,53)/t40-/m1/s1. The molecule has 4 heterocycles. The lowest BCUT2D eigenvalue weighted by atomic mass is 9.74. The van der Waals surface area contributed by atoms with Crippen molar-refractivity contribution in [3.63, 3.8) is 0 Å². The average molecular weight is 760 g/mol. The molecule has 3 aromatic rings. The molecule has 3 aliphatic heterocycles. The van der Waals surface area contributed by atoms with Gasteiger partial charge in [-0.2, -0.15) is 13.2 Å². The number of fused-ring (bicyclic) bond motifs is 3. The quantitative estimate of drug-likeness (QED) is 0.259. The van der Waals surface area contributed by atoms with Crippen molar-refractivity contribution in [3.8, 4) is 0 Å². The Labute approximate surface area is 319 Å². The Balaban J connectivity index is 1.05. The second-order valence-corrected chi connectivity index (χ2v) is 15.5. The number of carbonyl (C=O) groups is 4. The average Bonchev–Trinajstić information content (AvgIpc) is 3.70. The van der Waals surface area contributed by atoms with Gasteiger partial charge in [-0.05, 0) is 92.4 Å². The number of hydrogen-bond donors (Lipinski definition) is 3. The van der Waals surface area contributed by atoms with Gasteiger partial charge in [0.05, 0.1) is 16.7 Å². The minimum atomic E-state index is -4.26. The maximum Gasteiger partial charge on any atom is 0.391 e. The summed E-state index contributed by atoms with van der Waals surface area (Å²) < 4.78 is 39.7. The fourth-order valence-electron chi connectivity index (χ4n) is 8.98. The minimum absolute atomic E-state index is 0.0537. The molecule has 0 radical (unpaired) electrons. The van der Waals surface area contributed by atoms with Crippen molar-refractivity contribution in [3.05, 3.63) is 88.6 Å². The van der Waals surface area contributed by atoms with Crippen molar-refractivity contribution in [2.24, 2.45) is 11.3 Å². The third-order valence-corrected chi connectivity index (χ3v) is 12.3. The highest BCUT2D eigenvalue weighted by molar-refractivity contribution is 6.06. The van der Waals surface area contributed by atoms with E-state index in [0.29, 0.717) is 63.2 Å². The summed E-state index contributed by atoms with van der Waals surface area (Å²) >= 11 is 0. The molecule has 1 aliphatic carbocycles. The van der Waals surface area contributed by atoms with Crippen molar-refractivity contribution in [1.82, 2.24) is 25.0 Å². The maximum absolute atomic E-state index is 14.7. The van der Waals surface area contributed by atoms with E-state index in [4.69, 9.17) is 0 Å². The topological polar surface area (TPSA) is 127 Å². The van der Waals surface area contributed by atoms with E-state index in [1.807, 2.05) is 68.6 Å². The fraction of sp³-hybridized carbons (Fsp3) is 0.488. The van der Waals surface area contributed by atoms with Gasteiger partial charge in [0.25, 0.3) is 0 Å². The second kappa shape index (κ2) is 15.3. The number of likely N-dealkylation sites (tertiary alicyclic amines) is 2. The molecule has 55 heavy (non-hydrogen) atoms. The van der Waals surface area contributed by atoms with Crippen LogP contribution < -0.4 is 16.0 Å². The molecule has 0 unspecified atom stereocenters. The van der Waals surface area contributed by atoms with Crippen LogP contribution >= 0.6 is 0 Å². The zero-order valence-corrected chi connectivity index (χ0v) is 31.3. The van der Waals surface area contributed by atoms with Gasteiger partial charge in [-0.25, -0.2) is 9.78 Å². The van der Waals surface area contributed by atoms with E-state index >= 15 is 0 Å². The first kappa shape index (κ1) is 38.3. The zero-order valence-electron chi connectivity index (χ0n) is 31.3. The molecule has 4 aliphatic rings. The summed E-state index contributed by atoms with van der Waals surface area (Å²) in [6, 6.07) is 16.9. The van der Waals surface area contributed by atoms with E-state index in [1.165, 1.54) is 4.90 Å². The number of nitrogens with one attached hydrogen (secondary N) is 3. The van der Waals surface area contributed by atoms with Crippen LogP contribution in [0, 0.1) is 11.3 Å². The molecular weight excluding hydrogens is 711 g/mol. The van der Waals surface area contributed by atoms with Crippen LogP contribution in [0.2, 0.25) is 0 Å². The number of carbonyl (C=O) groups excluding carboxylic acids is 4. The van der Waals surface area contributed by atoms with Gasteiger partial charge in [0, 0.05) is 56.7 Å². The molecule has 1 spiro atoms. The van der Waals surface area contributed by atoms with Gasteiger partial charge >= 0.3 is 12.2 Å². The molecule has 0 bridgehead atoms. The number of aromatic nitrogens is 1. The highest BCUT2D eigenvalue weighted by Crippen LogP contribution is 2.47. The molecule has 7 rings (SSSR count). The molecule has 0 saturated carbocycles. The molecule has 2 aromatic carbocycles. The number of halogens is 3. The Hall–Kier alpha value is -4.98. The number of anilines is 2. The number of amides is 5. The van der Waals surface area contributed by atoms with Gasteiger partial charge < -0.3 is 30.7 Å². The molecule has 292 valence electrons. The van der Waals surface area contributed by atoms with E-state index in [0.717, 1.165) is 27.8 Å². The summed E-state index contributed by atoms with van der Waals surface area (Å²) in [5.41, 5.74) is 3.79. The molecule has 2 fully saturated rings. The number of urea groups is 1. The molecule has 5 amide bonds. The number of benzene rings is 2. The van der Waals surface area contributed by atoms with Crippen molar-refractivity contribution < 1.29 is 32.3 Å². The number of pyridine rings is 1. The lowest BCUT2D eigenvalue weighted by molar-refractivity contribution is -0.183. The first-order chi connectivity index (χ1) is 26.4. The van der Waals surface area contributed by atoms with Crippen LogP contribution in [0.1, 0.15) is 66.8 Å². The zero-order chi connectivity index (χ0) is 39.0. The summed E-state index contributed by atoms with van der Waals surface area (Å²) in [5.74, 6) is -1.42. The summed E-state index contributed by atoms with van der Waals surface area (Å²) in [4.78, 5) is 64.3. The highest BCUT2D eigenvalue weighted by Gasteiger charge is 2.51. The van der Waals surface area contributed by atoms with Crippen LogP contribution in [0.5, 0.6) is 0 Å². The van der Waals surface area contributed by atoms with Gasteiger partial charge in [-0.15, -0.1) is 0 Å². The predicted octanol–water partition coefficient (Wildman–Crippen LogP) is 5.64. The monoisotopic (exact) mass is 759 g/mol. The Morgan fingerprint density at radius 2 is 1.64 bits per heavy atom. The van der Waals surface area contributed by atoms with E-state index < -0.39 is 22.9 Å². The van der Waals surface area contributed by atoms with Crippen molar-refractivity contribution in [1.29, 1.82) is 0 Å². The third kappa shape index (κ3) is 7.52. The molecule has 11 nitrogen and oxygen atoms in total. The molecule has 1 aromatic heterocycles. The maximum atomic E-state index is 14.7. The second-order valence-electron chi connectivity index (χ2n) is 15.5. The van der Waals surface area contributed by atoms with E-state index in [2.05, 4.69) is 20.9 Å². The number of nitrogens with zero attached hydrogens (tertiary/aromatic N) is 4. The van der Waals surface area contributed by atoms with Crippen LogP contribution in [0.4, 0.5) is 29.5 Å². The normalized spacial score (nSPS) is 20.6. The Morgan fingerprint density at radius 3 is 2.33 bits per heavy atom. The lowest BCUT2D eigenvalue weighted by Gasteiger charge is -2.44. The molecular formula is C41H48F3N7O4. The van der Waals surface area contributed by atoms with Crippen LogP contribution in [0.25, 0.3) is 0 Å². The number of hydrogen-bond acceptors (Lipinski definition) is 6. The number of alkyl halides is 3. The smallest absolute Gasteiger partial charge is 0.329 e. The van der Waals surface area contributed by atoms with Gasteiger partial charge in [0.1, 0.15) is 12.4 Å². The summed E-state index contributed by atoms with van der Waals surface area (Å²) in [5, 5.41) is 9.10. The molecule has 14 heteroatoms. The summed E-state index contributed by atoms with van der Waals surface area (Å²) in [6.45, 7) is 3.23. The van der Waals surface area contributed by atoms with E-state index in [-0.39, 0.29) is 62.8 Å².